The van der Waals surface area contributed by atoms with Crippen LogP contribution in [-0.4, -0.2) is 10.9 Å². The van der Waals surface area contributed by atoms with Gasteiger partial charge in [0, 0.05) is 11.9 Å². The van der Waals surface area contributed by atoms with Crippen LogP contribution in [0.15, 0.2) is 30.5 Å². The molecular weight excluding hydrogens is 283 g/mol. The predicted octanol–water partition coefficient (Wildman–Crippen LogP) is 2.72. The normalized spacial score (nSPS) is 10.2. The monoisotopic (exact) mass is 294 g/mol. The summed E-state index contributed by atoms with van der Waals surface area (Å²) in [6.07, 6.45) is 1.34. The first kappa shape index (κ1) is 14.2. The number of nitrogens with two attached hydrogens (primary N) is 1. The average molecular weight is 295 g/mol. The Labute approximate surface area is 119 Å². The molecule has 1 aromatic carbocycles. The standard InChI is InChI=1S/C13H12ClFN4O/c1-7-4-9(15)2-3-11(7)18-13(20)8-5-10(14)12(19-16)17-6-8/h2-6H,16H2,1H3,(H,17,19)(H,18,20). The van der Waals surface area contributed by atoms with Crippen LogP contribution in [0.3, 0.4) is 0 Å². The predicted molar refractivity (Wildman–Crippen MR) is 76.1 cm³/mol. The van der Waals surface area contributed by atoms with Gasteiger partial charge in [0.25, 0.3) is 5.91 Å². The Balaban J connectivity index is 2.21. The highest BCUT2D eigenvalue weighted by molar-refractivity contribution is 6.33. The lowest BCUT2D eigenvalue weighted by atomic mass is 10.2. The summed E-state index contributed by atoms with van der Waals surface area (Å²) in [4.78, 5) is 16.0. The topological polar surface area (TPSA) is 80.0 Å². The molecule has 0 aliphatic rings. The van der Waals surface area contributed by atoms with Gasteiger partial charge in [0.1, 0.15) is 5.82 Å². The summed E-state index contributed by atoms with van der Waals surface area (Å²) >= 11 is 5.89. The summed E-state index contributed by atoms with van der Waals surface area (Å²) in [5.74, 6) is 4.73. The Bertz CT molecular complexity index is 663. The highest BCUT2D eigenvalue weighted by Gasteiger charge is 2.11. The molecule has 0 fully saturated rings. The highest BCUT2D eigenvalue weighted by Crippen LogP contribution is 2.21. The van der Waals surface area contributed by atoms with Crippen LogP contribution in [0.25, 0.3) is 0 Å². The minimum Gasteiger partial charge on any atom is -0.322 e. The summed E-state index contributed by atoms with van der Waals surface area (Å²) in [5, 5.41) is 2.89. The van der Waals surface area contributed by atoms with Gasteiger partial charge < -0.3 is 10.7 Å². The summed E-state index contributed by atoms with van der Waals surface area (Å²) in [6, 6.07) is 5.54. The number of aromatic nitrogens is 1. The molecule has 0 saturated heterocycles. The van der Waals surface area contributed by atoms with E-state index in [1.807, 2.05) is 0 Å². The van der Waals surface area contributed by atoms with Gasteiger partial charge in [-0.1, -0.05) is 11.6 Å². The zero-order valence-electron chi connectivity index (χ0n) is 10.6. The Kier molecular flexibility index (Phi) is 4.16. The van der Waals surface area contributed by atoms with Gasteiger partial charge >= 0.3 is 0 Å². The number of hydrazine groups is 1. The molecule has 0 aliphatic heterocycles. The number of nitrogen functional groups attached to an aromatic ring is 1. The van der Waals surface area contributed by atoms with Crippen LogP contribution in [0.1, 0.15) is 15.9 Å². The number of aryl methyl sites for hydroxylation is 1. The molecule has 0 unspecified atom stereocenters. The number of nitrogens with zero attached hydrogens (tertiary/aromatic N) is 1. The number of amides is 1. The fraction of sp³-hybridized carbons (Fsp3) is 0.0769. The van der Waals surface area contributed by atoms with Gasteiger partial charge in [0.15, 0.2) is 5.82 Å². The van der Waals surface area contributed by atoms with E-state index in [2.05, 4.69) is 15.7 Å². The number of hydrogen-bond acceptors (Lipinski definition) is 4. The first-order valence-corrected chi connectivity index (χ1v) is 6.08. The molecule has 104 valence electrons. The van der Waals surface area contributed by atoms with Gasteiger partial charge in [-0.25, -0.2) is 15.2 Å². The van der Waals surface area contributed by atoms with Crippen molar-refractivity contribution in [3.05, 3.63) is 52.4 Å². The molecule has 5 nitrogen and oxygen atoms in total. The number of rotatable bonds is 3. The molecule has 2 rings (SSSR count). The van der Waals surface area contributed by atoms with Crippen LogP contribution in [0.5, 0.6) is 0 Å². The maximum atomic E-state index is 13.0. The molecule has 0 radical (unpaired) electrons. The van der Waals surface area contributed by atoms with Crippen molar-refractivity contribution in [2.24, 2.45) is 5.84 Å². The zero-order chi connectivity index (χ0) is 14.7. The molecule has 1 aromatic heterocycles. The molecule has 0 spiro atoms. The third-order valence-electron chi connectivity index (χ3n) is 2.68. The average Bonchev–Trinajstić information content (AvgIpc) is 2.41. The number of anilines is 2. The molecule has 0 atom stereocenters. The molecule has 2 aromatic rings. The van der Waals surface area contributed by atoms with Gasteiger partial charge in [-0.2, -0.15) is 0 Å². The van der Waals surface area contributed by atoms with Gasteiger partial charge in [-0.15, -0.1) is 0 Å². The molecule has 0 aliphatic carbocycles. The third kappa shape index (κ3) is 3.04. The first-order chi connectivity index (χ1) is 9.51. The van der Waals surface area contributed by atoms with Crippen molar-refractivity contribution in [2.45, 2.75) is 6.92 Å². The van der Waals surface area contributed by atoms with Crippen LogP contribution in [0.2, 0.25) is 5.02 Å². The molecule has 1 heterocycles. The number of carbonyl (C=O) groups is 1. The number of nitrogens with one attached hydrogen (secondary N) is 2. The van der Waals surface area contributed by atoms with Crippen LogP contribution in [0.4, 0.5) is 15.9 Å². The highest BCUT2D eigenvalue weighted by atomic mass is 35.5. The van der Waals surface area contributed by atoms with E-state index in [4.69, 9.17) is 17.4 Å². The van der Waals surface area contributed by atoms with E-state index in [0.29, 0.717) is 11.3 Å². The van der Waals surface area contributed by atoms with E-state index in [-0.39, 0.29) is 22.2 Å². The van der Waals surface area contributed by atoms with Crippen molar-refractivity contribution in [2.75, 3.05) is 10.7 Å². The molecule has 0 saturated carbocycles. The molecular formula is C13H12ClFN4O. The largest absolute Gasteiger partial charge is 0.322 e. The lowest BCUT2D eigenvalue weighted by Crippen LogP contribution is -2.15. The van der Waals surface area contributed by atoms with Crippen molar-refractivity contribution < 1.29 is 9.18 Å². The Hall–Kier alpha value is -2.18. The number of benzene rings is 1. The van der Waals surface area contributed by atoms with Crippen molar-refractivity contribution in [3.8, 4) is 0 Å². The quantitative estimate of drug-likeness (QED) is 0.600. The second-order valence-corrected chi connectivity index (χ2v) is 4.52. The van der Waals surface area contributed by atoms with Crippen LogP contribution >= 0.6 is 11.6 Å². The fourth-order valence-electron chi connectivity index (χ4n) is 1.63. The Morgan fingerprint density at radius 3 is 2.75 bits per heavy atom. The van der Waals surface area contributed by atoms with Crippen molar-refractivity contribution in [1.29, 1.82) is 0 Å². The van der Waals surface area contributed by atoms with Crippen molar-refractivity contribution in [1.82, 2.24) is 4.98 Å². The second kappa shape index (κ2) is 5.85. The van der Waals surface area contributed by atoms with Crippen LogP contribution in [0, 0.1) is 12.7 Å². The fourth-order valence-corrected chi connectivity index (χ4v) is 1.85. The van der Waals surface area contributed by atoms with Gasteiger partial charge in [-0.05, 0) is 36.8 Å². The minimum atomic E-state index is -0.391. The van der Waals surface area contributed by atoms with E-state index in [0.717, 1.165) is 0 Å². The SMILES string of the molecule is Cc1cc(F)ccc1NC(=O)c1cnc(NN)c(Cl)c1. The zero-order valence-corrected chi connectivity index (χ0v) is 11.3. The molecule has 7 heteroatoms. The lowest BCUT2D eigenvalue weighted by molar-refractivity contribution is 0.102. The lowest BCUT2D eigenvalue weighted by Gasteiger charge is -2.09. The molecule has 20 heavy (non-hydrogen) atoms. The maximum Gasteiger partial charge on any atom is 0.257 e. The molecule has 0 bridgehead atoms. The van der Waals surface area contributed by atoms with E-state index in [1.165, 1.54) is 30.5 Å². The van der Waals surface area contributed by atoms with E-state index < -0.39 is 5.91 Å². The first-order valence-electron chi connectivity index (χ1n) is 5.71. The number of carbonyl (C=O) groups excluding carboxylic acids is 1. The maximum absolute atomic E-state index is 13.0. The van der Waals surface area contributed by atoms with Gasteiger partial charge in [0.05, 0.1) is 10.6 Å². The number of hydrogen-bond donors (Lipinski definition) is 3. The number of pyridine rings is 1. The van der Waals surface area contributed by atoms with Crippen molar-refractivity contribution >= 4 is 29.0 Å². The summed E-state index contributed by atoms with van der Waals surface area (Å²) < 4.78 is 13.0. The van der Waals surface area contributed by atoms with Crippen molar-refractivity contribution in [3.63, 3.8) is 0 Å². The van der Waals surface area contributed by atoms with Gasteiger partial charge in [-0.3, -0.25) is 4.79 Å². The summed E-state index contributed by atoms with van der Waals surface area (Å²) in [6.45, 7) is 1.70. The second-order valence-electron chi connectivity index (χ2n) is 4.11. The van der Waals surface area contributed by atoms with E-state index in [1.54, 1.807) is 6.92 Å². The van der Waals surface area contributed by atoms with Crippen LogP contribution < -0.4 is 16.6 Å². The Morgan fingerprint density at radius 2 is 2.15 bits per heavy atom. The number of halogens is 2. The van der Waals surface area contributed by atoms with E-state index >= 15 is 0 Å². The van der Waals surface area contributed by atoms with Gasteiger partial charge in [0.2, 0.25) is 0 Å². The van der Waals surface area contributed by atoms with E-state index in [9.17, 15) is 9.18 Å². The summed E-state index contributed by atoms with van der Waals surface area (Å²) in [7, 11) is 0. The minimum absolute atomic E-state index is 0.232. The Morgan fingerprint density at radius 1 is 1.40 bits per heavy atom. The third-order valence-corrected chi connectivity index (χ3v) is 2.96. The smallest absolute Gasteiger partial charge is 0.257 e. The van der Waals surface area contributed by atoms with Crippen LogP contribution in [-0.2, 0) is 0 Å². The molecule has 4 N–H and O–H groups in total. The molecule has 1 amide bonds. The summed E-state index contributed by atoms with van der Waals surface area (Å²) in [5.41, 5.74) is 3.73.